The molecule has 5 heteroatoms. The van der Waals surface area contributed by atoms with Crippen molar-refractivity contribution in [2.24, 2.45) is 0 Å². The Morgan fingerprint density at radius 1 is 1.09 bits per heavy atom. The number of aryl methyl sites for hydroxylation is 1. The van der Waals surface area contributed by atoms with Crippen molar-refractivity contribution in [1.29, 1.82) is 0 Å². The van der Waals surface area contributed by atoms with Gasteiger partial charge in [-0.25, -0.2) is 4.68 Å². The number of aromatic nitrogens is 2. The molecule has 0 bridgehead atoms. The second kappa shape index (κ2) is 6.79. The molecule has 1 amide bonds. The maximum absolute atomic E-state index is 12.0. The molecular weight excluding hydrogens is 290 g/mol. The van der Waals surface area contributed by atoms with Gasteiger partial charge in [0.15, 0.2) is 6.73 Å². The van der Waals surface area contributed by atoms with Gasteiger partial charge < -0.3 is 10.1 Å². The summed E-state index contributed by atoms with van der Waals surface area (Å²) in [6.45, 7) is 1.97. The van der Waals surface area contributed by atoms with Crippen molar-refractivity contribution in [2.75, 3.05) is 6.73 Å². The summed E-state index contributed by atoms with van der Waals surface area (Å²) in [5.74, 6) is 0.412. The van der Waals surface area contributed by atoms with E-state index in [1.165, 1.54) is 0 Å². The molecule has 0 spiro atoms. The first kappa shape index (κ1) is 14.8. The SMILES string of the molecule is Cc1cc(OCNC(=O)c2ccccc2)n(-c2ccccc2)n1. The van der Waals surface area contributed by atoms with Crippen molar-refractivity contribution in [2.45, 2.75) is 6.92 Å². The van der Waals surface area contributed by atoms with E-state index in [1.807, 2.05) is 61.5 Å². The molecule has 0 radical (unpaired) electrons. The van der Waals surface area contributed by atoms with Crippen LogP contribution in [0.25, 0.3) is 5.69 Å². The Kier molecular flexibility index (Phi) is 4.38. The van der Waals surface area contributed by atoms with Crippen molar-refractivity contribution in [3.05, 3.63) is 78.0 Å². The second-order valence-electron chi connectivity index (χ2n) is 5.03. The Morgan fingerprint density at radius 3 is 2.43 bits per heavy atom. The Bertz CT molecular complexity index is 783. The minimum Gasteiger partial charge on any atom is -0.456 e. The number of ether oxygens (including phenoxy) is 1. The monoisotopic (exact) mass is 307 g/mol. The Labute approximate surface area is 134 Å². The van der Waals surface area contributed by atoms with Crippen LogP contribution in [-0.2, 0) is 0 Å². The number of carbonyl (C=O) groups is 1. The van der Waals surface area contributed by atoms with Crippen molar-refractivity contribution < 1.29 is 9.53 Å². The molecule has 0 fully saturated rings. The molecule has 3 aromatic rings. The Hall–Kier alpha value is -3.08. The molecule has 1 heterocycles. The number of hydrogen-bond acceptors (Lipinski definition) is 3. The lowest BCUT2D eigenvalue weighted by Crippen LogP contribution is -2.28. The van der Waals surface area contributed by atoms with E-state index < -0.39 is 0 Å². The molecule has 3 rings (SSSR count). The highest BCUT2D eigenvalue weighted by molar-refractivity contribution is 5.93. The molecule has 0 saturated carbocycles. The molecular formula is C18H17N3O2. The molecule has 0 aliphatic rings. The van der Waals surface area contributed by atoms with E-state index in [2.05, 4.69) is 10.4 Å². The molecule has 2 aromatic carbocycles. The first-order valence-electron chi connectivity index (χ1n) is 7.32. The molecule has 116 valence electrons. The number of hydrogen-bond donors (Lipinski definition) is 1. The summed E-state index contributed by atoms with van der Waals surface area (Å²) < 4.78 is 7.39. The summed E-state index contributed by atoms with van der Waals surface area (Å²) in [6.07, 6.45) is 0. The molecule has 1 aromatic heterocycles. The fourth-order valence-corrected chi connectivity index (χ4v) is 2.20. The summed E-state index contributed by atoms with van der Waals surface area (Å²) in [5, 5.41) is 7.15. The summed E-state index contributed by atoms with van der Waals surface area (Å²) in [7, 11) is 0. The van der Waals surface area contributed by atoms with Gasteiger partial charge in [-0.1, -0.05) is 36.4 Å². The first-order chi connectivity index (χ1) is 11.2. The number of amides is 1. The lowest BCUT2D eigenvalue weighted by atomic mass is 10.2. The summed E-state index contributed by atoms with van der Waals surface area (Å²) in [6, 6.07) is 20.6. The van der Waals surface area contributed by atoms with E-state index in [-0.39, 0.29) is 12.6 Å². The number of para-hydroxylation sites is 1. The predicted octanol–water partition coefficient (Wildman–Crippen LogP) is 2.95. The van der Waals surface area contributed by atoms with E-state index in [1.54, 1.807) is 16.8 Å². The highest BCUT2D eigenvalue weighted by atomic mass is 16.5. The number of benzene rings is 2. The van der Waals surface area contributed by atoms with Gasteiger partial charge in [0.05, 0.1) is 11.4 Å². The minimum atomic E-state index is -0.173. The van der Waals surface area contributed by atoms with Crippen molar-refractivity contribution in [3.63, 3.8) is 0 Å². The largest absolute Gasteiger partial charge is 0.456 e. The number of rotatable bonds is 5. The number of carbonyl (C=O) groups excluding carboxylic acids is 1. The van der Waals surface area contributed by atoms with Crippen LogP contribution in [0.2, 0.25) is 0 Å². The highest BCUT2D eigenvalue weighted by Gasteiger charge is 2.09. The van der Waals surface area contributed by atoms with Crippen molar-refractivity contribution >= 4 is 5.91 Å². The van der Waals surface area contributed by atoms with E-state index in [0.717, 1.165) is 11.4 Å². The zero-order valence-electron chi connectivity index (χ0n) is 12.8. The Balaban J connectivity index is 1.66. The molecule has 1 N–H and O–H groups in total. The zero-order valence-corrected chi connectivity index (χ0v) is 12.8. The van der Waals surface area contributed by atoms with Crippen molar-refractivity contribution in [1.82, 2.24) is 15.1 Å². The molecule has 5 nitrogen and oxygen atoms in total. The van der Waals surface area contributed by atoms with Gasteiger partial charge in [-0.15, -0.1) is 0 Å². The van der Waals surface area contributed by atoms with Gasteiger partial charge in [-0.3, -0.25) is 4.79 Å². The zero-order chi connectivity index (χ0) is 16.1. The smallest absolute Gasteiger partial charge is 0.253 e. The third-order valence-corrected chi connectivity index (χ3v) is 3.29. The van der Waals surface area contributed by atoms with Gasteiger partial charge in [0.1, 0.15) is 0 Å². The maximum atomic E-state index is 12.0. The average molecular weight is 307 g/mol. The third kappa shape index (κ3) is 3.58. The van der Waals surface area contributed by atoms with Gasteiger partial charge in [0, 0.05) is 11.6 Å². The van der Waals surface area contributed by atoms with Gasteiger partial charge >= 0.3 is 0 Å². The number of nitrogens with one attached hydrogen (secondary N) is 1. The second-order valence-corrected chi connectivity index (χ2v) is 5.03. The molecule has 23 heavy (non-hydrogen) atoms. The third-order valence-electron chi connectivity index (χ3n) is 3.29. The predicted molar refractivity (Wildman–Crippen MR) is 87.7 cm³/mol. The Morgan fingerprint density at radius 2 is 1.74 bits per heavy atom. The van der Waals surface area contributed by atoms with E-state index in [4.69, 9.17) is 4.74 Å². The molecule has 0 aliphatic heterocycles. The van der Waals surface area contributed by atoms with E-state index >= 15 is 0 Å². The van der Waals surface area contributed by atoms with Gasteiger partial charge in [0.25, 0.3) is 5.91 Å². The fraction of sp³-hybridized carbons (Fsp3) is 0.111. The standard InChI is InChI=1S/C18H17N3O2/c1-14-12-17(21(20-14)16-10-6-3-7-11-16)23-13-19-18(22)15-8-4-2-5-9-15/h2-12H,13H2,1H3,(H,19,22). The van der Waals surface area contributed by atoms with Gasteiger partial charge in [0.2, 0.25) is 5.88 Å². The first-order valence-corrected chi connectivity index (χ1v) is 7.32. The van der Waals surface area contributed by atoms with Crippen LogP contribution in [0.1, 0.15) is 16.1 Å². The van der Waals surface area contributed by atoms with Crippen LogP contribution in [-0.4, -0.2) is 22.4 Å². The van der Waals surface area contributed by atoms with Crippen LogP contribution in [0.3, 0.4) is 0 Å². The highest BCUT2D eigenvalue weighted by Crippen LogP contribution is 2.18. The molecule has 0 aliphatic carbocycles. The lowest BCUT2D eigenvalue weighted by Gasteiger charge is -2.10. The van der Waals surface area contributed by atoms with Crippen molar-refractivity contribution in [3.8, 4) is 11.6 Å². The van der Waals surface area contributed by atoms with Gasteiger partial charge in [-0.05, 0) is 31.2 Å². The number of nitrogens with zero attached hydrogens (tertiary/aromatic N) is 2. The molecule has 0 unspecified atom stereocenters. The van der Waals surface area contributed by atoms with Crippen LogP contribution < -0.4 is 10.1 Å². The summed E-state index contributed by atoms with van der Waals surface area (Å²) >= 11 is 0. The van der Waals surface area contributed by atoms with E-state index in [9.17, 15) is 4.79 Å². The topological polar surface area (TPSA) is 56.1 Å². The maximum Gasteiger partial charge on any atom is 0.253 e. The normalized spacial score (nSPS) is 10.3. The molecule has 0 saturated heterocycles. The fourth-order valence-electron chi connectivity index (χ4n) is 2.20. The van der Waals surface area contributed by atoms with Crippen LogP contribution in [0, 0.1) is 6.92 Å². The van der Waals surface area contributed by atoms with Crippen LogP contribution in [0.15, 0.2) is 66.7 Å². The quantitative estimate of drug-likeness (QED) is 0.737. The van der Waals surface area contributed by atoms with Crippen LogP contribution in [0.5, 0.6) is 5.88 Å². The van der Waals surface area contributed by atoms with Crippen LogP contribution in [0.4, 0.5) is 0 Å². The molecule has 0 atom stereocenters. The summed E-state index contributed by atoms with van der Waals surface area (Å²) in [4.78, 5) is 12.0. The summed E-state index contributed by atoms with van der Waals surface area (Å²) in [5.41, 5.74) is 2.35. The lowest BCUT2D eigenvalue weighted by molar-refractivity contribution is 0.0916. The van der Waals surface area contributed by atoms with Gasteiger partial charge in [-0.2, -0.15) is 5.10 Å². The van der Waals surface area contributed by atoms with Crippen LogP contribution >= 0.6 is 0 Å². The average Bonchev–Trinajstić information content (AvgIpc) is 2.97. The minimum absolute atomic E-state index is 0.0751. The van der Waals surface area contributed by atoms with E-state index in [0.29, 0.717) is 11.4 Å².